The van der Waals surface area contributed by atoms with E-state index in [-0.39, 0.29) is 35.1 Å². The molecule has 1 fully saturated rings. The summed E-state index contributed by atoms with van der Waals surface area (Å²) in [7, 11) is 0. The number of nitrogen functional groups attached to an aromatic ring is 1. The van der Waals surface area contributed by atoms with Gasteiger partial charge in [0.15, 0.2) is 11.2 Å². The molecular weight excluding hydrogens is 358 g/mol. The standard InChI is InChI=1S/C20H31N5O3/c1-4-6-8-27-11-14-13(3)15(10-16(14)28-9-7-5-2)25-12-22-17-18(25)23-20(21)24-19(17)26/h12,14-16H,3-11H2,1-2H3,(H3,21,23,24,26)/t14-,15-,16-/m0/s1. The zero-order valence-corrected chi connectivity index (χ0v) is 16.8. The van der Waals surface area contributed by atoms with Crippen LogP contribution in [0.4, 0.5) is 5.95 Å². The average molecular weight is 390 g/mol. The van der Waals surface area contributed by atoms with E-state index in [1.807, 2.05) is 4.57 Å². The minimum Gasteiger partial charge on any atom is -0.381 e. The van der Waals surface area contributed by atoms with Crippen molar-refractivity contribution in [1.29, 1.82) is 0 Å². The fourth-order valence-corrected chi connectivity index (χ4v) is 3.72. The van der Waals surface area contributed by atoms with Gasteiger partial charge < -0.3 is 19.8 Å². The quantitative estimate of drug-likeness (QED) is 0.478. The van der Waals surface area contributed by atoms with E-state index in [1.54, 1.807) is 6.33 Å². The molecule has 3 N–H and O–H groups in total. The second-order valence-electron chi connectivity index (χ2n) is 7.40. The summed E-state index contributed by atoms with van der Waals surface area (Å²) < 4.78 is 14.0. The van der Waals surface area contributed by atoms with Crippen molar-refractivity contribution in [3.05, 3.63) is 28.8 Å². The largest absolute Gasteiger partial charge is 0.381 e. The first-order valence-corrected chi connectivity index (χ1v) is 10.2. The average Bonchev–Trinajstić information content (AvgIpc) is 3.21. The second-order valence-corrected chi connectivity index (χ2v) is 7.40. The maximum absolute atomic E-state index is 12.1. The predicted molar refractivity (Wildman–Crippen MR) is 109 cm³/mol. The molecule has 0 aliphatic heterocycles. The Morgan fingerprint density at radius 2 is 2.07 bits per heavy atom. The highest BCUT2D eigenvalue weighted by atomic mass is 16.5. The van der Waals surface area contributed by atoms with Gasteiger partial charge in [0, 0.05) is 19.1 Å². The molecule has 2 aromatic rings. The smallest absolute Gasteiger partial charge is 0.280 e. The van der Waals surface area contributed by atoms with Gasteiger partial charge in [-0.25, -0.2) is 4.98 Å². The van der Waals surface area contributed by atoms with Crippen molar-refractivity contribution >= 4 is 17.1 Å². The number of imidazole rings is 1. The summed E-state index contributed by atoms with van der Waals surface area (Å²) in [6.45, 7) is 10.7. The molecule has 2 heterocycles. The Hall–Kier alpha value is -2.19. The van der Waals surface area contributed by atoms with Gasteiger partial charge in [0.25, 0.3) is 5.56 Å². The number of nitrogens with two attached hydrogens (primary N) is 1. The third-order valence-corrected chi connectivity index (χ3v) is 5.36. The molecule has 1 aliphatic rings. The molecule has 8 heteroatoms. The SMILES string of the molecule is C=C1[C@H](COCCCC)[C@@H](OCCCC)C[C@@H]1n1cnc2c(=O)[nH]c(N)nc21. The third kappa shape index (κ3) is 4.28. The number of anilines is 1. The normalized spacial score (nSPS) is 22.4. The van der Waals surface area contributed by atoms with Crippen molar-refractivity contribution in [3.8, 4) is 0 Å². The number of H-pyrrole nitrogens is 1. The van der Waals surface area contributed by atoms with Crippen LogP contribution in [0.15, 0.2) is 23.3 Å². The predicted octanol–water partition coefficient (Wildman–Crippen LogP) is 2.82. The van der Waals surface area contributed by atoms with Gasteiger partial charge in [0.2, 0.25) is 5.95 Å². The summed E-state index contributed by atoms with van der Waals surface area (Å²) in [5.41, 5.74) is 7.20. The first-order valence-electron chi connectivity index (χ1n) is 10.2. The summed E-state index contributed by atoms with van der Waals surface area (Å²) in [5, 5.41) is 0. The number of hydrogen-bond acceptors (Lipinski definition) is 6. The highest BCUT2D eigenvalue weighted by Crippen LogP contribution is 2.42. The molecule has 0 saturated heterocycles. The second kappa shape index (κ2) is 9.34. The Morgan fingerprint density at radius 3 is 2.82 bits per heavy atom. The van der Waals surface area contributed by atoms with Crippen LogP contribution in [0.3, 0.4) is 0 Å². The monoisotopic (exact) mass is 389 g/mol. The van der Waals surface area contributed by atoms with E-state index in [9.17, 15) is 4.79 Å². The number of aromatic nitrogens is 4. The lowest BCUT2D eigenvalue weighted by atomic mass is 10.0. The molecule has 28 heavy (non-hydrogen) atoms. The fourth-order valence-electron chi connectivity index (χ4n) is 3.72. The Labute approximate surface area is 165 Å². The Bertz CT molecular complexity index is 859. The van der Waals surface area contributed by atoms with E-state index in [4.69, 9.17) is 15.2 Å². The number of rotatable bonds is 10. The molecular formula is C20H31N5O3. The van der Waals surface area contributed by atoms with Gasteiger partial charge in [-0.2, -0.15) is 4.98 Å². The van der Waals surface area contributed by atoms with Crippen molar-refractivity contribution in [3.63, 3.8) is 0 Å². The van der Waals surface area contributed by atoms with Crippen molar-refractivity contribution in [2.45, 2.75) is 58.1 Å². The van der Waals surface area contributed by atoms with Gasteiger partial charge in [0.1, 0.15) is 0 Å². The molecule has 1 saturated carbocycles. The van der Waals surface area contributed by atoms with Crippen LogP contribution < -0.4 is 11.3 Å². The number of nitrogens with one attached hydrogen (secondary N) is 1. The number of nitrogens with zero attached hydrogens (tertiary/aromatic N) is 3. The number of hydrogen-bond donors (Lipinski definition) is 2. The molecule has 0 aromatic carbocycles. The molecule has 0 spiro atoms. The van der Waals surface area contributed by atoms with E-state index >= 15 is 0 Å². The van der Waals surface area contributed by atoms with Gasteiger partial charge in [-0.1, -0.05) is 33.3 Å². The lowest BCUT2D eigenvalue weighted by Crippen LogP contribution is -2.24. The molecule has 154 valence electrons. The molecule has 2 aromatic heterocycles. The summed E-state index contributed by atoms with van der Waals surface area (Å²) in [4.78, 5) is 23.1. The lowest BCUT2D eigenvalue weighted by Gasteiger charge is -2.21. The van der Waals surface area contributed by atoms with Crippen LogP contribution in [-0.4, -0.2) is 45.4 Å². The molecule has 0 bridgehead atoms. The van der Waals surface area contributed by atoms with Crippen LogP contribution in [0.25, 0.3) is 11.2 Å². The molecule has 3 atom stereocenters. The highest BCUT2D eigenvalue weighted by Gasteiger charge is 2.40. The number of fused-ring (bicyclic) bond motifs is 1. The van der Waals surface area contributed by atoms with Crippen LogP contribution >= 0.6 is 0 Å². The van der Waals surface area contributed by atoms with Crippen LogP contribution in [0, 0.1) is 5.92 Å². The summed E-state index contributed by atoms with van der Waals surface area (Å²) in [6, 6.07) is -0.0508. The van der Waals surface area contributed by atoms with Gasteiger partial charge in [-0.15, -0.1) is 0 Å². The topological polar surface area (TPSA) is 108 Å². The molecule has 3 rings (SSSR count). The van der Waals surface area contributed by atoms with Crippen molar-refractivity contribution < 1.29 is 9.47 Å². The van der Waals surface area contributed by atoms with Crippen LogP contribution in [-0.2, 0) is 9.47 Å². The number of unbranched alkanes of at least 4 members (excludes halogenated alkanes) is 2. The molecule has 8 nitrogen and oxygen atoms in total. The Kier molecular flexibility index (Phi) is 6.85. The molecule has 1 aliphatic carbocycles. The fraction of sp³-hybridized carbons (Fsp3) is 0.650. The minimum atomic E-state index is -0.333. The highest BCUT2D eigenvalue weighted by molar-refractivity contribution is 5.70. The molecule has 0 unspecified atom stereocenters. The van der Waals surface area contributed by atoms with Crippen molar-refractivity contribution in [1.82, 2.24) is 19.5 Å². The van der Waals surface area contributed by atoms with E-state index in [1.165, 1.54) is 0 Å². The van der Waals surface area contributed by atoms with Crippen molar-refractivity contribution in [2.24, 2.45) is 5.92 Å². The third-order valence-electron chi connectivity index (χ3n) is 5.36. The summed E-state index contributed by atoms with van der Waals surface area (Å²) in [6.07, 6.45) is 6.69. The van der Waals surface area contributed by atoms with Gasteiger partial charge in [-0.3, -0.25) is 9.78 Å². The number of ether oxygens (including phenoxy) is 2. The number of aromatic amines is 1. The van der Waals surface area contributed by atoms with Crippen LogP contribution in [0.2, 0.25) is 0 Å². The van der Waals surface area contributed by atoms with E-state index in [0.717, 1.165) is 50.9 Å². The van der Waals surface area contributed by atoms with E-state index < -0.39 is 0 Å². The Balaban J connectivity index is 1.83. The zero-order valence-electron chi connectivity index (χ0n) is 16.8. The van der Waals surface area contributed by atoms with Gasteiger partial charge in [0.05, 0.1) is 25.1 Å². The Morgan fingerprint density at radius 1 is 1.32 bits per heavy atom. The van der Waals surface area contributed by atoms with E-state index in [2.05, 4.69) is 35.4 Å². The first kappa shape index (κ1) is 20.5. The minimum absolute atomic E-state index is 0.0301. The van der Waals surface area contributed by atoms with E-state index in [0.29, 0.717) is 12.3 Å². The molecule has 0 amide bonds. The van der Waals surface area contributed by atoms with Gasteiger partial charge in [-0.05, 0) is 24.8 Å². The summed E-state index contributed by atoms with van der Waals surface area (Å²) >= 11 is 0. The van der Waals surface area contributed by atoms with Crippen LogP contribution in [0.5, 0.6) is 0 Å². The zero-order chi connectivity index (χ0) is 20.1. The maximum Gasteiger partial charge on any atom is 0.280 e. The van der Waals surface area contributed by atoms with Crippen LogP contribution in [0.1, 0.15) is 52.0 Å². The molecule has 0 radical (unpaired) electrons. The summed E-state index contributed by atoms with van der Waals surface area (Å²) in [5.74, 6) is 0.188. The van der Waals surface area contributed by atoms with Crippen molar-refractivity contribution in [2.75, 3.05) is 25.6 Å². The first-order chi connectivity index (χ1) is 13.6. The van der Waals surface area contributed by atoms with Gasteiger partial charge >= 0.3 is 0 Å². The maximum atomic E-state index is 12.1. The lowest BCUT2D eigenvalue weighted by molar-refractivity contribution is -0.00165.